The molecule has 0 spiro atoms. The second-order valence-electron chi connectivity index (χ2n) is 6.65. The summed E-state index contributed by atoms with van der Waals surface area (Å²) in [4.78, 5) is 10.0. The minimum Gasteiger partial charge on any atom is -0.497 e. The van der Waals surface area contributed by atoms with Crippen LogP contribution in [0, 0.1) is 0 Å². The normalized spacial score (nSPS) is 10.6. The van der Waals surface area contributed by atoms with Gasteiger partial charge < -0.3 is 18.9 Å². The zero-order valence-electron chi connectivity index (χ0n) is 18.4. The Labute approximate surface area is 177 Å². The van der Waals surface area contributed by atoms with E-state index in [4.69, 9.17) is 28.9 Å². The Kier molecular flexibility index (Phi) is 6.77. The highest BCUT2D eigenvalue weighted by Gasteiger charge is 2.20. The van der Waals surface area contributed by atoms with Gasteiger partial charge in [-0.05, 0) is 37.1 Å². The first kappa shape index (κ1) is 21.4. The minimum absolute atomic E-state index is 0.704. The molecule has 0 fully saturated rings. The van der Waals surface area contributed by atoms with Gasteiger partial charge in [0.2, 0.25) is 0 Å². The molecule has 1 aromatic heterocycles. The summed E-state index contributed by atoms with van der Waals surface area (Å²) in [5.74, 6) is 2.87. The fourth-order valence-corrected chi connectivity index (χ4v) is 3.42. The first-order chi connectivity index (χ1) is 14.6. The monoisotopic (exact) mass is 408 g/mol. The van der Waals surface area contributed by atoms with E-state index in [-0.39, 0.29) is 0 Å². The second kappa shape index (κ2) is 9.48. The summed E-state index contributed by atoms with van der Waals surface area (Å²) in [6, 6.07) is 11.5. The van der Waals surface area contributed by atoms with Gasteiger partial charge in [-0.1, -0.05) is 13.8 Å². The maximum Gasteiger partial charge on any atom is 0.132 e. The standard InChI is InChI=1S/C24H28N2O4/c1-7-19-23(17-11-9-15(27-3)13-21(17)29-5)26-20(8-2)24(25-19)18-12-10-16(28-4)14-22(18)30-6/h9-14H,7-8H2,1-6H3. The number of aryl methyl sites for hydroxylation is 2. The molecule has 0 unspecified atom stereocenters. The van der Waals surface area contributed by atoms with Gasteiger partial charge in [0.15, 0.2) is 0 Å². The molecular formula is C24H28N2O4. The number of hydrogen-bond donors (Lipinski definition) is 0. The van der Waals surface area contributed by atoms with E-state index in [0.29, 0.717) is 11.5 Å². The molecule has 0 aliphatic rings. The quantitative estimate of drug-likeness (QED) is 0.524. The highest BCUT2D eigenvalue weighted by Crippen LogP contribution is 2.38. The van der Waals surface area contributed by atoms with Gasteiger partial charge in [-0.3, -0.25) is 0 Å². The molecule has 2 aromatic carbocycles. The third-order valence-electron chi connectivity index (χ3n) is 5.04. The van der Waals surface area contributed by atoms with Crippen LogP contribution in [0.4, 0.5) is 0 Å². The molecule has 6 nitrogen and oxygen atoms in total. The van der Waals surface area contributed by atoms with Crippen LogP contribution < -0.4 is 18.9 Å². The van der Waals surface area contributed by atoms with Crippen molar-refractivity contribution < 1.29 is 18.9 Å². The van der Waals surface area contributed by atoms with E-state index in [2.05, 4.69) is 13.8 Å². The van der Waals surface area contributed by atoms with Crippen molar-refractivity contribution in [2.75, 3.05) is 28.4 Å². The first-order valence-electron chi connectivity index (χ1n) is 9.94. The molecule has 0 amide bonds. The van der Waals surface area contributed by atoms with Crippen LogP contribution in [0.5, 0.6) is 23.0 Å². The average Bonchev–Trinajstić information content (AvgIpc) is 2.82. The van der Waals surface area contributed by atoms with Crippen molar-refractivity contribution in [3.63, 3.8) is 0 Å². The zero-order chi connectivity index (χ0) is 21.7. The largest absolute Gasteiger partial charge is 0.497 e. The van der Waals surface area contributed by atoms with Crippen molar-refractivity contribution in [2.24, 2.45) is 0 Å². The van der Waals surface area contributed by atoms with E-state index in [1.165, 1.54) is 0 Å². The maximum atomic E-state index is 5.61. The molecule has 0 saturated carbocycles. The molecule has 3 aromatic rings. The fourth-order valence-electron chi connectivity index (χ4n) is 3.42. The van der Waals surface area contributed by atoms with Crippen molar-refractivity contribution in [3.8, 4) is 45.5 Å². The van der Waals surface area contributed by atoms with E-state index in [0.717, 1.165) is 58.2 Å². The predicted molar refractivity (Wildman–Crippen MR) is 118 cm³/mol. The predicted octanol–water partition coefficient (Wildman–Crippen LogP) is 4.97. The lowest BCUT2D eigenvalue weighted by atomic mass is 10.0. The van der Waals surface area contributed by atoms with Crippen molar-refractivity contribution in [2.45, 2.75) is 26.7 Å². The van der Waals surface area contributed by atoms with Gasteiger partial charge in [-0.25, -0.2) is 9.97 Å². The van der Waals surface area contributed by atoms with E-state index < -0.39 is 0 Å². The molecule has 0 bridgehead atoms. The van der Waals surface area contributed by atoms with Crippen LogP contribution in [0.15, 0.2) is 36.4 Å². The summed E-state index contributed by atoms with van der Waals surface area (Å²) in [5, 5.41) is 0. The molecule has 3 rings (SSSR count). The molecule has 0 N–H and O–H groups in total. The van der Waals surface area contributed by atoms with Crippen LogP contribution in [0.1, 0.15) is 25.2 Å². The first-order valence-corrected chi connectivity index (χ1v) is 9.94. The second-order valence-corrected chi connectivity index (χ2v) is 6.65. The zero-order valence-corrected chi connectivity index (χ0v) is 18.4. The van der Waals surface area contributed by atoms with Gasteiger partial charge in [-0.2, -0.15) is 0 Å². The van der Waals surface area contributed by atoms with E-state index >= 15 is 0 Å². The summed E-state index contributed by atoms with van der Waals surface area (Å²) in [6.07, 6.45) is 1.46. The molecule has 6 heteroatoms. The van der Waals surface area contributed by atoms with E-state index in [9.17, 15) is 0 Å². The Hall–Kier alpha value is -3.28. The molecule has 1 heterocycles. The van der Waals surface area contributed by atoms with Crippen LogP contribution >= 0.6 is 0 Å². The van der Waals surface area contributed by atoms with Crippen molar-refractivity contribution >= 4 is 0 Å². The third-order valence-corrected chi connectivity index (χ3v) is 5.04. The number of benzene rings is 2. The summed E-state index contributed by atoms with van der Waals surface area (Å²) in [7, 11) is 6.57. The Bertz CT molecular complexity index is 951. The molecule has 0 aliphatic carbocycles. The number of aromatic nitrogens is 2. The lowest BCUT2D eigenvalue weighted by Gasteiger charge is -2.17. The third kappa shape index (κ3) is 4.03. The average molecular weight is 408 g/mol. The molecule has 158 valence electrons. The lowest BCUT2D eigenvalue weighted by molar-refractivity contribution is 0.395. The number of nitrogens with zero attached hydrogens (tertiary/aromatic N) is 2. The van der Waals surface area contributed by atoms with Gasteiger partial charge in [0.05, 0.1) is 51.2 Å². The van der Waals surface area contributed by atoms with Crippen LogP contribution in [0.3, 0.4) is 0 Å². The maximum absolute atomic E-state index is 5.61. The Morgan fingerprint density at radius 1 is 0.600 bits per heavy atom. The van der Waals surface area contributed by atoms with E-state index in [1.54, 1.807) is 28.4 Å². The molecule has 0 aliphatic heterocycles. The Morgan fingerprint density at radius 2 is 1.00 bits per heavy atom. The van der Waals surface area contributed by atoms with Crippen LogP contribution in [0.2, 0.25) is 0 Å². The summed E-state index contributed by atoms with van der Waals surface area (Å²) in [6.45, 7) is 4.15. The minimum atomic E-state index is 0.704. The molecule has 0 atom stereocenters. The van der Waals surface area contributed by atoms with Gasteiger partial charge in [-0.15, -0.1) is 0 Å². The smallest absolute Gasteiger partial charge is 0.132 e. The topological polar surface area (TPSA) is 62.7 Å². The molecule has 0 saturated heterocycles. The molecular weight excluding hydrogens is 380 g/mol. The Morgan fingerprint density at radius 3 is 1.30 bits per heavy atom. The highest BCUT2D eigenvalue weighted by atomic mass is 16.5. The number of ether oxygens (including phenoxy) is 4. The van der Waals surface area contributed by atoms with E-state index in [1.807, 2.05) is 36.4 Å². The van der Waals surface area contributed by atoms with Gasteiger partial charge >= 0.3 is 0 Å². The van der Waals surface area contributed by atoms with Crippen molar-refractivity contribution in [1.82, 2.24) is 9.97 Å². The Balaban J connectivity index is 2.22. The number of methoxy groups -OCH3 is 4. The summed E-state index contributed by atoms with van der Waals surface area (Å²) >= 11 is 0. The van der Waals surface area contributed by atoms with Crippen LogP contribution in [0.25, 0.3) is 22.5 Å². The molecule has 30 heavy (non-hydrogen) atoms. The van der Waals surface area contributed by atoms with Crippen LogP contribution in [-0.4, -0.2) is 38.4 Å². The van der Waals surface area contributed by atoms with Gasteiger partial charge in [0.1, 0.15) is 23.0 Å². The molecule has 0 radical (unpaired) electrons. The summed E-state index contributed by atoms with van der Waals surface area (Å²) < 4.78 is 21.9. The van der Waals surface area contributed by atoms with Gasteiger partial charge in [0, 0.05) is 23.3 Å². The van der Waals surface area contributed by atoms with Crippen molar-refractivity contribution in [1.29, 1.82) is 0 Å². The summed E-state index contributed by atoms with van der Waals surface area (Å²) in [5.41, 5.74) is 5.22. The lowest BCUT2D eigenvalue weighted by Crippen LogP contribution is -2.06. The van der Waals surface area contributed by atoms with Gasteiger partial charge in [0.25, 0.3) is 0 Å². The van der Waals surface area contributed by atoms with Crippen LogP contribution in [-0.2, 0) is 12.8 Å². The number of hydrogen-bond acceptors (Lipinski definition) is 6. The van der Waals surface area contributed by atoms with Crippen molar-refractivity contribution in [3.05, 3.63) is 47.8 Å². The number of rotatable bonds is 8. The fraction of sp³-hybridized carbons (Fsp3) is 0.333. The highest BCUT2D eigenvalue weighted by molar-refractivity contribution is 5.75. The SMILES string of the molecule is CCc1nc(-c2ccc(OC)cc2OC)c(CC)nc1-c1ccc(OC)cc1OC.